The van der Waals surface area contributed by atoms with Crippen LogP contribution in [0.4, 0.5) is 0 Å². The maximum absolute atomic E-state index is 9.30. The predicted molar refractivity (Wildman–Crippen MR) is 198 cm³/mol. The number of hydrogen-bond acceptors (Lipinski definition) is 0. The van der Waals surface area contributed by atoms with Crippen LogP contribution in [0.25, 0.3) is 87.6 Å². The van der Waals surface area contributed by atoms with E-state index in [0.717, 1.165) is 43.8 Å². The maximum atomic E-state index is 9.30. The molecule has 46 heavy (non-hydrogen) atoms. The standard InChI is InChI=1S/C46H30/c1-2-14-32(15-3-1)45-41-19-6-8-21-43(41)46(44-22-9-7-20-42(44)45)36-18-10-17-34(30-36)37-23-11-26-40-38(24-12-25-39(37)40)35-28-27-31-13-4-5-16-33(31)29-35/h1-30H/i1D,2D,3D,6D,7D,8D,9D,14D,15D,19D,20D,21D,22D. The Bertz CT molecular complexity index is 3210. The minimum absolute atomic E-state index is 0.0871. The number of rotatable bonds is 4. The van der Waals surface area contributed by atoms with Gasteiger partial charge in [0.25, 0.3) is 0 Å². The molecule has 0 bridgehead atoms. The van der Waals surface area contributed by atoms with E-state index in [9.17, 15) is 5.48 Å². The second-order valence-corrected chi connectivity index (χ2v) is 11.1. The van der Waals surface area contributed by atoms with Gasteiger partial charge >= 0.3 is 0 Å². The third-order valence-electron chi connectivity index (χ3n) is 8.57. The van der Waals surface area contributed by atoms with E-state index >= 15 is 0 Å². The zero-order chi connectivity index (χ0) is 41.8. The van der Waals surface area contributed by atoms with Crippen molar-refractivity contribution in [1.82, 2.24) is 0 Å². The Hall–Kier alpha value is -5.98. The van der Waals surface area contributed by atoms with Gasteiger partial charge in [0.15, 0.2) is 0 Å². The molecule has 214 valence electrons. The summed E-state index contributed by atoms with van der Waals surface area (Å²) in [6.07, 6.45) is 0. The van der Waals surface area contributed by atoms with Gasteiger partial charge in [0, 0.05) is 0 Å². The van der Waals surface area contributed by atoms with Crippen molar-refractivity contribution < 1.29 is 17.8 Å². The van der Waals surface area contributed by atoms with Gasteiger partial charge in [-0.3, -0.25) is 0 Å². The molecule has 0 atom stereocenters. The van der Waals surface area contributed by atoms with Crippen molar-refractivity contribution in [1.29, 1.82) is 0 Å². The first-order valence-electron chi connectivity index (χ1n) is 21.4. The fourth-order valence-electron chi connectivity index (χ4n) is 6.55. The number of fused-ring (bicyclic) bond motifs is 4. The molecule has 0 N–H and O–H groups in total. The van der Waals surface area contributed by atoms with E-state index in [4.69, 9.17) is 12.3 Å². The summed E-state index contributed by atoms with van der Waals surface area (Å²) < 4.78 is 115. The summed E-state index contributed by atoms with van der Waals surface area (Å²) >= 11 is 0. The zero-order valence-corrected chi connectivity index (χ0v) is 24.3. The third kappa shape index (κ3) is 4.30. The molecule has 0 aliphatic carbocycles. The molecule has 0 aliphatic heterocycles. The Morgan fingerprint density at radius 3 is 1.43 bits per heavy atom. The highest BCUT2D eigenvalue weighted by molar-refractivity contribution is 6.21. The van der Waals surface area contributed by atoms with E-state index in [-0.39, 0.29) is 32.7 Å². The Balaban J connectivity index is 1.40. The van der Waals surface area contributed by atoms with Crippen LogP contribution in [0.2, 0.25) is 0 Å². The largest absolute Gasteiger partial charge is 0.0629 e. The van der Waals surface area contributed by atoms with Crippen LogP contribution >= 0.6 is 0 Å². The SMILES string of the molecule is [2H]c1c([2H])c([2H])c(-c2c3c([2H])c([2H])c([2H])c([2H])c3c(-c3cccc(-c4cccc5c(-c6ccc7ccccc7c6)cccc45)c3)c3c([2H])c([2H])c([2H])c([2H])c23)c([2H])c1[2H]. The highest BCUT2D eigenvalue weighted by Crippen LogP contribution is 2.44. The highest BCUT2D eigenvalue weighted by atomic mass is 14.2. The molecule has 0 radical (unpaired) electrons. The summed E-state index contributed by atoms with van der Waals surface area (Å²) in [7, 11) is 0. The van der Waals surface area contributed by atoms with E-state index in [0.29, 0.717) is 5.56 Å². The van der Waals surface area contributed by atoms with Crippen molar-refractivity contribution >= 4 is 43.1 Å². The van der Waals surface area contributed by atoms with Crippen molar-refractivity contribution in [2.24, 2.45) is 0 Å². The fourth-order valence-corrected chi connectivity index (χ4v) is 6.55. The Kier molecular flexibility index (Phi) is 3.87. The molecule has 9 aromatic carbocycles. The van der Waals surface area contributed by atoms with Crippen LogP contribution in [0.15, 0.2) is 182 Å². The Morgan fingerprint density at radius 1 is 0.304 bits per heavy atom. The van der Waals surface area contributed by atoms with Gasteiger partial charge in [-0.15, -0.1) is 0 Å². The van der Waals surface area contributed by atoms with Gasteiger partial charge < -0.3 is 0 Å². The molecule has 0 aromatic heterocycles. The number of benzene rings is 9. The topological polar surface area (TPSA) is 0 Å². The quantitative estimate of drug-likeness (QED) is 0.178. The average molecular weight is 596 g/mol. The van der Waals surface area contributed by atoms with Crippen LogP contribution in [-0.4, -0.2) is 0 Å². The van der Waals surface area contributed by atoms with E-state index in [2.05, 4.69) is 42.5 Å². The maximum Gasteiger partial charge on any atom is 0.0629 e. The lowest BCUT2D eigenvalue weighted by atomic mass is 9.85. The van der Waals surface area contributed by atoms with Crippen LogP contribution < -0.4 is 0 Å². The second-order valence-electron chi connectivity index (χ2n) is 11.1. The highest BCUT2D eigenvalue weighted by Gasteiger charge is 2.17. The Labute approximate surface area is 287 Å². The minimum Gasteiger partial charge on any atom is -0.0622 e. The van der Waals surface area contributed by atoms with Crippen molar-refractivity contribution in [3.05, 3.63) is 182 Å². The lowest BCUT2D eigenvalue weighted by molar-refractivity contribution is 1.62. The lowest BCUT2D eigenvalue weighted by Gasteiger charge is -2.18. The van der Waals surface area contributed by atoms with Crippen LogP contribution in [0.3, 0.4) is 0 Å². The third-order valence-corrected chi connectivity index (χ3v) is 8.57. The molecule has 0 saturated heterocycles. The smallest absolute Gasteiger partial charge is 0.0622 e. The first kappa shape index (κ1) is 16.4. The monoisotopic (exact) mass is 595 g/mol. The Morgan fingerprint density at radius 2 is 0.804 bits per heavy atom. The van der Waals surface area contributed by atoms with E-state index in [1.165, 1.54) is 0 Å². The molecular weight excluding hydrogens is 553 g/mol. The lowest BCUT2D eigenvalue weighted by Crippen LogP contribution is -1.91. The van der Waals surface area contributed by atoms with Gasteiger partial charge in [-0.1, -0.05) is 170 Å². The molecule has 0 spiro atoms. The van der Waals surface area contributed by atoms with E-state index < -0.39 is 84.1 Å². The molecule has 0 amide bonds. The summed E-state index contributed by atoms with van der Waals surface area (Å²) in [5.74, 6) is 0. The average Bonchev–Trinajstić information content (AvgIpc) is 3.26. The van der Waals surface area contributed by atoms with Crippen LogP contribution in [0, 0.1) is 0 Å². The summed E-state index contributed by atoms with van der Waals surface area (Å²) in [6, 6.07) is 25.5. The molecule has 0 saturated carbocycles. The van der Waals surface area contributed by atoms with Gasteiger partial charge in [0.2, 0.25) is 0 Å². The first-order valence-corrected chi connectivity index (χ1v) is 14.9. The van der Waals surface area contributed by atoms with E-state index in [1.807, 2.05) is 48.5 Å². The second kappa shape index (κ2) is 10.9. The van der Waals surface area contributed by atoms with Gasteiger partial charge in [-0.2, -0.15) is 0 Å². The van der Waals surface area contributed by atoms with Crippen molar-refractivity contribution in [3.8, 4) is 44.5 Å². The number of hydrogen-bond donors (Lipinski definition) is 0. The van der Waals surface area contributed by atoms with Gasteiger partial charge in [0.1, 0.15) is 0 Å². The van der Waals surface area contributed by atoms with Gasteiger partial charge in [-0.05, 0) is 99.7 Å². The zero-order valence-electron chi connectivity index (χ0n) is 37.3. The molecule has 0 heterocycles. The fraction of sp³-hybridized carbons (Fsp3) is 0. The molecule has 9 aromatic rings. The van der Waals surface area contributed by atoms with Gasteiger partial charge in [0.05, 0.1) is 17.8 Å². The summed E-state index contributed by atoms with van der Waals surface area (Å²) in [5, 5.41) is 3.45. The normalized spacial score (nSPS) is 15.4. The summed E-state index contributed by atoms with van der Waals surface area (Å²) in [6.45, 7) is 0. The molecule has 0 heteroatoms. The van der Waals surface area contributed by atoms with E-state index in [1.54, 1.807) is 12.1 Å². The van der Waals surface area contributed by atoms with Crippen molar-refractivity contribution in [2.75, 3.05) is 0 Å². The summed E-state index contributed by atoms with van der Waals surface area (Å²) in [5.41, 5.74) is 3.35. The molecule has 0 aliphatic rings. The molecule has 9 rings (SSSR count). The predicted octanol–water partition coefficient (Wildman–Crippen LogP) is 13.0. The molecule has 0 nitrogen and oxygen atoms in total. The molecule has 0 unspecified atom stereocenters. The van der Waals surface area contributed by atoms with Crippen molar-refractivity contribution in [3.63, 3.8) is 0 Å². The van der Waals surface area contributed by atoms with Gasteiger partial charge in [-0.25, -0.2) is 0 Å². The minimum atomic E-state index is -0.709. The van der Waals surface area contributed by atoms with Crippen LogP contribution in [0.1, 0.15) is 17.8 Å². The van der Waals surface area contributed by atoms with Crippen molar-refractivity contribution in [2.45, 2.75) is 0 Å². The van der Waals surface area contributed by atoms with Crippen LogP contribution in [-0.2, 0) is 0 Å². The summed E-state index contributed by atoms with van der Waals surface area (Å²) in [4.78, 5) is 0. The molecule has 0 fully saturated rings. The first-order chi connectivity index (χ1) is 28.2. The molecular formula is C46H30. The van der Waals surface area contributed by atoms with Crippen LogP contribution in [0.5, 0.6) is 0 Å².